The molecule has 102 valence electrons. The summed E-state index contributed by atoms with van der Waals surface area (Å²) in [5.74, 6) is 0.891. The first-order valence-corrected chi connectivity index (χ1v) is 6.68. The fourth-order valence-corrected chi connectivity index (χ4v) is 1.93. The average molecular weight is 259 g/mol. The Hall–Kier alpha value is -1.81. The van der Waals surface area contributed by atoms with Crippen molar-refractivity contribution in [2.75, 3.05) is 7.11 Å². The number of ether oxygens (including phenoxy) is 1. The Morgan fingerprint density at radius 1 is 1.16 bits per heavy atom. The Morgan fingerprint density at radius 2 is 1.95 bits per heavy atom. The number of nitrogens with zero attached hydrogens (tertiary/aromatic N) is 2. The highest BCUT2D eigenvalue weighted by Crippen LogP contribution is 2.11. The average Bonchev–Trinajstić information content (AvgIpc) is 2.88. The van der Waals surface area contributed by atoms with Crippen molar-refractivity contribution >= 4 is 0 Å². The first-order chi connectivity index (χ1) is 9.31. The Labute approximate surface area is 114 Å². The van der Waals surface area contributed by atoms with Crippen molar-refractivity contribution in [1.29, 1.82) is 0 Å². The normalized spacial score (nSPS) is 10.6. The Kier molecular flexibility index (Phi) is 4.98. The van der Waals surface area contributed by atoms with Crippen molar-refractivity contribution in [3.8, 4) is 5.75 Å². The van der Waals surface area contributed by atoms with E-state index in [-0.39, 0.29) is 0 Å². The van der Waals surface area contributed by atoms with E-state index in [0.29, 0.717) is 0 Å². The fourth-order valence-electron chi connectivity index (χ4n) is 1.93. The van der Waals surface area contributed by atoms with Crippen LogP contribution in [0.2, 0.25) is 0 Å². The van der Waals surface area contributed by atoms with Crippen molar-refractivity contribution in [3.05, 3.63) is 47.8 Å². The first-order valence-electron chi connectivity index (χ1n) is 6.68. The highest BCUT2D eigenvalue weighted by atomic mass is 16.5. The standard InChI is InChI=1S/C15H21N3O/c1-3-9-18-10-8-14(17-18)12-16-11-13-4-6-15(19-2)7-5-13/h4-8,10,16H,3,9,11-12H2,1-2H3. The van der Waals surface area contributed by atoms with Crippen LogP contribution in [0.1, 0.15) is 24.6 Å². The number of nitrogens with one attached hydrogen (secondary N) is 1. The monoisotopic (exact) mass is 259 g/mol. The molecule has 0 spiro atoms. The Balaban J connectivity index is 1.78. The van der Waals surface area contributed by atoms with Gasteiger partial charge >= 0.3 is 0 Å². The highest BCUT2D eigenvalue weighted by Gasteiger charge is 1.99. The van der Waals surface area contributed by atoms with Gasteiger partial charge in [0.1, 0.15) is 5.75 Å². The van der Waals surface area contributed by atoms with E-state index in [2.05, 4.69) is 35.5 Å². The minimum Gasteiger partial charge on any atom is -0.497 e. The predicted molar refractivity (Wildman–Crippen MR) is 76.1 cm³/mol. The van der Waals surface area contributed by atoms with Crippen LogP contribution >= 0.6 is 0 Å². The lowest BCUT2D eigenvalue weighted by Crippen LogP contribution is -2.13. The molecule has 0 aliphatic rings. The second-order valence-electron chi connectivity index (χ2n) is 4.52. The second-order valence-corrected chi connectivity index (χ2v) is 4.52. The zero-order valence-electron chi connectivity index (χ0n) is 11.6. The second kappa shape index (κ2) is 6.95. The lowest BCUT2D eigenvalue weighted by atomic mass is 10.2. The van der Waals surface area contributed by atoms with Crippen molar-refractivity contribution in [1.82, 2.24) is 15.1 Å². The van der Waals surface area contributed by atoms with Gasteiger partial charge in [0.25, 0.3) is 0 Å². The van der Waals surface area contributed by atoms with Gasteiger partial charge in [-0.1, -0.05) is 19.1 Å². The van der Waals surface area contributed by atoms with Gasteiger partial charge in [-0.2, -0.15) is 5.10 Å². The van der Waals surface area contributed by atoms with E-state index >= 15 is 0 Å². The third kappa shape index (κ3) is 4.10. The molecule has 0 bridgehead atoms. The third-order valence-electron chi connectivity index (χ3n) is 2.94. The summed E-state index contributed by atoms with van der Waals surface area (Å²) in [6.45, 7) is 4.77. The Morgan fingerprint density at radius 3 is 2.63 bits per heavy atom. The molecule has 0 saturated heterocycles. The van der Waals surface area contributed by atoms with Crippen molar-refractivity contribution in [2.24, 2.45) is 0 Å². The third-order valence-corrected chi connectivity index (χ3v) is 2.94. The molecule has 0 fully saturated rings. The topological polar surface area (TPSA) is 39.1 Å². The van der Waals surface area contributed by atoms with Gasteiger partial charge in [-0.05, 0) is 30.2 Å². The van der Waals surface area contributed by atoms with Gasteiger partial charge in [0.05, 0.1) is 12.8 Å². The molecule has 0 amide bonds. The number of hydrogen-bond acceptors (Lipinski definition) is 3. The van der Waals surface area contributed by atoms with Crippen LogP contribution in [-0.2, 0) is 19.6 Å². The van der Waals surface area contributed by atoms with Crippen LogP contribution in [0.3, 0.4) is 0 Å². The Bertz CT molecular complexity index is 490. The molecule has 0 aliphatic heterocycles. The molecule has 2 rings (SSSR count). The maximum atomic E-state index is 5.14. The summed E-state index contributed by atoms with van der Waals surface area (Å²) in [6, 6.07) is 10.2. The van der Waals surface area contributed by atoms with Crippen LogP contribution in [0, 0.1) is 0 Å². The summed E-state index contributed by atoms with van der Waals surface area (Å²) in [6.07, 6.45) is 3.15. The number of aryl methyl sites for hydroxylation is 1. The molecule has 1 aromatic carbocycles. The minimum absolute atomic E-state index is 0.794. The van der Waals surface area contributed by atoms with E-state index in [4.69, 9.17) is 4.74 Å². The van der Waals surface area contributed by atoms with Crippen LogP contribution in [0.25, 0.3) is 0 Å². The van der Waals surface area contributed by atoms with Crippen LogP contribution in [0.5, 0.6) is 5.75 Å². The quantitative estimate of drug-likeness (QED) is 0.830. The smallest absolute Gasteiger partial charge is 0.118 e. The lowest BCUT2D eigenvalue weighted by Gasteiger charge is -2.04. The molecule has 4 heteroatoms. The summed E-state index contributed by atoms with van der Waals surface area (Å²) in [4.78, 5) is 0. The van der Waals surface area contributed by atoms with Gasteiger partial charge in [-0.15, -0.1) is 0 Å². The zero-order valence-corrected chi connectivity index (χ0v) is 11.6. The molecular formula is C15H21N3O. The number of hydrogen-bond donors (Lipinski definition) is 1. The number of benzene rings is 1. The van der Waals surface area contributed by atoms with E-state index in [1.807, 2.05) is 23.0 Å². The van der Waals surface area contributed by atoms with Crippen LogP contribution in [0.4, 0.5) is 0 Å². The molecule has 1 N–H and O–H groups in total. The molecule has 0 radical (unpaired) electrons. The summed E-state index contributed by atoms with van der Waals surface area (Å²) < 4.78 is 7.13. The lowest BCUT2D eigenvalue weighted by molar-refractivity contribution is 0.414. The van der Waals surface area contributed by atoms with Gasteiger partial charge < -0.3 is 10.1 Å². The summed E-state index contributed by atoms with van der Waals surface area (Å²) >= 11 is 0. The maximum absolute atomic E-state index is 5.14. The molecule has 0 unspecified atom stereocenters. The van der Waals surface area contributed by atoms with Gasteiger partial charge in [0.15, 0.2) is 0 Å². The summed E-state index contributed by atoms with van der Waals surface area (Å²) in [5.41, 5.74) is 2.33. The van der Waals surface area contributed by atoms with E-state index in [0.717, 1.165) is 37.5 Å². The molecule has 0 aliphatic carbocycles. The van der Waals surface area contributed by atoms with Gasteiger partial charge in [0, 0.05) is 25.8 Å². The molecule has 0 saturated carbocycles. The predicted octanol–water partition coefficient (Wildman–Crippen LogP) is 2.59. The summed E-state index contributed by atoms with van der Waals surface area (Å²) in [5, 5.41) is 7.89. The van der Waals surface area contributed by atoms with E-state index < -0.39 is 0 Å². The van der Waals surface area contributed by atoms with Crippen molar-refractivity contribution in [2.45, 2.75) is 33.0 Å². The SMILES string of the molecule is CCCn1ccc(CNCc2ccc(OC)cc2)n1. The number of aromatic nitrogens is 2. The van der Waals surface area contributed by atoms with Gasteiger partial charge in [0.2, 0.25) is 0 Å². The van der Waals surface area contributed by atoms with E-state index in [1.165, 1.54) is 5.56 Å². The first kappa shape index (κ1) is 13.6. The van der Waals surface area contributed by atoms with Gasteiger partial charge in [-0.3, -0.25) is 4.68 Å². The fraction of sp³-hybridized carbons (Fsp3) is 0.400. The summed E-state index contributed by atoms with van der Waals surface area (Å²) in [7, 11) is 1.68. The molecule has 2 aromatic rings. The van der Waals surface area contributed by atoms with E-state index in [1.54, 1.807) is 7.11 Å². The highest BCUT2D eigenvalue weighted by molar-refractivity contribution is 5.27. The molecule has 1 aromatic heterocycles. The number of rotatable bonds is 7. The van der Waals surface area contributed by atoms with Crippen molar-refractivity contribution in [3.63, 3.8) is 0 Å². The maximum Gasteiger partial charge on any atom is 0.118 e. The number of methoxy groups -OCH3 is 1. The molecular weight excluding hydrogens is 238 g/mol. The minimum atomic E-state index is 0.794. The van der Waals surface area contributed by atoms with Crippen molar-refractivity contribution < 1.29 is 4.74 Å². The van der Waals surface area contributed by atoms with E-state index in [9.17, 15) is 0 Å². The molecule has 0 atom stereocenters. The van der Waals surface area contributed by atoms with Crippen LogP contribution in [-0.4, -0.2) is 16.9 Å². The van der Waals surface area contributed by atoms with Crippen LogP contribution < -0.4 is 10.1 Å². The van der Waals surface area contributed by atoms with Crippen LogP contribution in [0.15, 0.2) is 36.5 Å². The van der Waals surface area contributed by atoms with Gasteiger partial charge in [-0.25, -0.2) is 0 Å². The molecule has 1 heterocycles. The zero-order chi connectivity index (χ0) is 13.5. The molecule has 4 nitrogen and oxygen atoms in total. The largest absolute Gasteiger partial charge is 0.497 e. The molecule has 19 heavy (non-hydrogen) atoms.